The molecule has 70 valence electrons. The number of hydrogen-bond acceptors (Lipinski definition) is 2. The Labute approximate surface area is 74.5 Å². The Balaban J connectivity index is 2.59. The number of nitrogens with two attached hydrogens (primary N) is 1. The molecule has 1 fully saturated rings. The van der Waals surface area contributed by atoms with Crippen LogP contribution in [0.2, 0.25) is 0 Å². The van der Waals surface area contributed by atoms with Gasteiger partial charge in [-0.15, -0.1) is 0 Å². The lowest BCUT2D eigenvalue weighted by atomic mass is 9.80. The lowest BCUT2D eigenvalue weighted by molar-refractivity contribution is -0.128. The molecule has 0 aliphatic heterocycles. The summed E-state index contributed by atoms with van der Waals surface area (Å²) >= 11 is 0. The molecule has 2 nitrogen and oxygen atoms in total. The van der Waals surface area contributed by atoms with E-state index in [0.717, 1.165) is 25.7 Å². The molecule has 0 radical (unpaired) electrons. The lowest BCUT2D eigenvalue weighted by Gasteiger charge is -2.24. The highest BCUT2D eigenvalue weighted by Gasteiger charge is 2.38. The first-order chi connectivity index (χ1) is 5.75. The fraction of sp³-hybridized carbons (Fsp3) is 0.900. The SMILES string of the molecule is CCCC(=O)C1(CN)CCCC1. The summed E-state index contributed by atoms with van der Waals surface area (Å²) in [7, 11) is 0. The van der Waals surface area contributed by atoms with Crippen molar-refractivity contribution in [1.82, 2.24) is 0 Å². The van der Waals surface area contributed by atoms with E-state index < -0.39 is 0 Å². The van der Waals surface area contributed by atoms with Crippen LogP contribution in [0.4, 0.5) is 0 Å². The first kappa shape index (κ1) is 9.72. The number of carbonyl (C=O) groups excluding carboxylic acids is 1. The summed E-state index contributed by atoms with van der Waals surface area (Å²) < 4.78 is 0. The molecule has 0 amide bonds. The van der Waals surface area contributed by atoms with Crippen molar-refractivity contribution in [2.24, 2.45) is 11.1 Å². The van der Waals surface area contributed by atoms with E-state index in [0.29, 0.717) is 12.3 Å². The van der Waals surface area contributed by atoms with Crippen LogP contribution in [-0.2, 0) is 4.79 Å². The molecule has 12 heavy (non-hydrogen) atoms. The van der Waals surface area contributed by atoms with E-state index in [1.165, 1.54) is 12.8 Å². The molecule has 0 bridgehead atoms. The number of rotatable bonds is 4. The van der Waals surface area contributed by atoms with Crippen molar-refractivity contribution >= 4 is 5.78 Å². The zero-order valence-electron chi connectivity index (χ0n) is 7.94. The van der Waals surface area contributed by atoms with E-state index in [2.05, 4.69) is 6.92 Å². The van der Waals surface area contributed by atoms with E-state index in [1.54, 1.807) is 0 Å². The van der Waals surface area contributed by atoms with Gasteiger partial charge in [0.2, 0.25) is 0 Å². The molecule has 0 heterocycles. The van der Waals surface area contributed by atoms with Crippen molar-refractivity contribution in [3.05, 3.63) is 0 Å². The molecule has 0 atom stereocenters. The maximum Gasteiger partial charge on any atom is 0.140 e. The van der Waals surface area contributed by atoms with Crippen molar-refractivity contribution in [2.75, 3.05) is 6.54 Å². The zero-order valence-corrected chi connectivity index (χ0v) is 7.94. The summed E-state index contributed by atoms with van der Waals surface area (Å²) in [6.45, 7) is 2.61. The van der Waals surface area contributed by atoms with Gasteiger partial charge in [-0.25, -0.2) is 0 Å². The van der Waals surface area contributed by atoms with Gasteiger partial charge in [0, 0.05) is 18.4 Å². The van der Waals surface area contributed by atoms with Gasteiger partial charge in [-0.05, 0) is 19.3 Å². The zero-order chi connectivity index (χ0) is 9.03. The van der Waals surface area contributed by atoms with Gasteiger partial charge in [-0.2, -0.15) is 0 Å². The first-order valence-electron chi connectivity index (χ1n) is 4.98. The number of ketones is 1. The van der Waals surface area contributed by atoms with E-state index in [4.69, 9.17) is 5.73 Å². The molecule has 1 saturated carbocycles. The maximum absolute atomic E-state index is 11.7. The maximum atomic E-state index is 11.7. The molecule has 1 aliphatic rings. The molecule has 2 heteroatoms. The molecular formula is C10H19NO. The molecule has 0 unspecified atom stereocenters. The largest absolute Gasteiger partial charge is 0.329 e. The topological polar surface area (TPSA) is 43.1 Å². The van der Waals surface area contributed by atoms with Gasteiger partial charge in [0.15, 0.2) is 0 Å². The molecule has 0 spiro atoms. The predicted molar refractivity (Wildman–Crippen MR) is 49.9 cm³/mol. The Bertz CT molecular complexity index is 159. The summed E-state index contributed by atoms with van der Waals surface area (Å²) in [6, 6.07) is 0. The second-order valence-electron chi connectivity index (χ2n) is 3.86. The quantitative estimate of drug-likeness (QED) is 0.698. The summed E-state index contributed by atoms with van der Waals surface area (Å²) in [5.74, 6) is 0.407. The van der Waals surface area contributed by atoms with Gasteiger partial charge < -0.3 is 5.73 Å². The Morgan fingerprint density at radius 3 is 2.42 bits per heavy atom. The smallest absolute Gasteiger partial charge is 0.140 e. The fourth-order valence-corrected chi connectivity index (χ4v) is 2.14. The number of hydrogen-bond donors (Lipinski definition) is 1. The average Bonchev–Trinajstić information content (AvgIpc) is 2.54. The third kappa shape index (κ3) is 1.69. The Hall–Kier alpha value is -0.370. The van der Waals surface area contributed by atoms with Gasteiger partial charge in [-0.3, -0.25) is 4.79 Å². The van der Waals surface area contributed by atoms with Gasteiger partial charge in [-0.1, -0.05) is 19.8 Å². The number of Topliss-reactive ketones (excluding diaryl/α,β-unsaturated/α-hetero) is 1. The first-order valence-corrected chi connectivity index (χ1v) is 4.98. The van der Waals surface area contributed by atoms with Crippen LogP contribution < -0.4 is 5.73 Å². The van der Waals surface area contributed by atoms with Crippen LogP contribution in [0.3, 0.4) is 0 Å². The van der Waals surface area contributed by atoms with Crippen LogP contribution in [0.1, 0.15) is 45.4 Å². The molecular weight excluding hydrogens is 150 g/mol. The highest BCUT2D eigenvalue weighted by Crippen LogP contribution is 2.38. The summed E-state index contributed by atoms with van der Waals surface area (Å²) in [4.78, 5) is 11.7. The Kier molecular flexibility index (Phi) is 3.27. The van der Waals surface area contributed by atoms with E-state index in [1.807, 2.05) is 0 Å². The van der Waals surface area contributed by atoms with Crippen molar-refractivity contribution < 1.29 is 4.79 Å². The highest BCUT2D eigenvalue weighted by molar-refractivity contribution is 5.85. The van der Waals surface area contributed by atoms with Crippen molar-refractivity contribution in [3.63, 3.8) is 0 Å². The third-order valence-corrected chi connectivity index (χ3v) is 3.02. The molecule has 0 aromatic rings. The molecule has 0 aromatic carbocycles. The molecule has 0 saturated heterocycles. The van der Waals surface area contributed by atoms with Gasteiger partial charge in [0.1, 0.15) is 5.78 Å². The van der Waals surface area contributed by atoms with Crippen LogP contribution >= 0.6 is 0 Å². The number of carbonyl (C=O) groups is 1. The van der Waals surface area contributed by atoms with Crippen molar-refractivity contribution in [3.8, 4) is 0 Å². The van der Waals surface area contributed by atoms with Crippen LogP contribution in [0.25, 0.3) is 0 Å². The van der Waals surface area contributed by atoms with Crippen LogP contribution in [0.15, 0.2) is 0 Å². The Morgan fingerprint density at radius 1 is 1.42 bits per heavy atom. The van der Waals surface area contributed by atoms with E-state index >= 15 is 0 Å². The normalized spacial score (nSPS) is 21.2. The second-order valence-corrected chi connectivity index (χ2v) is 3.86. The molecule has 2 N–H and O–H groups in total. The monoisotopic (exact) mass is 169 g/mol. The van der Waals surface area contributed by atoms with Gasteiger partial charge >= 0.3 is 0 Å². The minimum atomic E-state index is -0.115. The summed E-state index contributed by atoms with van der Waals surface area (Å²) in [6.07, 6.45) is 6.11. The van der Waals surface area contributed by atoms with Crippen molar-refractivity contribution in [1.29, 1.82) is 0 Å². The average molecular weight is 169 g/mol. The predicted octanol–water partition coefficient (Wildman–Crippen LogP) is 1.87. The molecule has 1 aliphatic carbocycles. The summed E-state index contributed by atoms with van der Waals surface area (Å²) in [5.41, 5.74) is 5.56. The molecule has 1 rings (SSSR count). The summed E-state index contributed by atoms with van der Waals surface area (Å²) in [5, 5.41) is 0. The van der Waals surface area contributed by atoms with Crippen LogP contribution in [0.5, 0.6) is 0 Å². The highest BCUT2D eigenvalue weighted by atomic mass is 16.1. The lowest BCUT2D eigenvalue weighted by Crippen LogP contribution is -2.35. The fourth-order valence-electron chi connectivity index (χ4n) is 2.14. The second kappa shape index (κ2) is 4.04. The van der Waals surface area contributed by atoms with E-state index in [9.17, 15) is 4.79 Å². The van der Waals surface area contributed by atoms with Crippen LogP contribution in [-0.4, -0.2) is 12.3 Å². The Morgan fingerprint density at radius 2 is 2.00 bits per heavy atom. The van der Waals surface area contributed by atoms with Crippen LogP contribution in [0, 0.1) is 5.41 Å². The minimum absolute atomic E-state index is 0.115. The third-order valence-electron chi connectivity index (χ3n) is 3.02. The minimum Gasteiger partial charge on any atom is -0.329 e. The van der Waals surface area contributed by atoms with Crippen molar-refractivity contribution in [2.45, 2.75) is 45.4 Å². The van der Waals surface area contributed by atoms with E-state index in [-0.39, 0.29) is 5.41 Å². The standard InChI is InChI=1S/C10H19NO/c1-2-5-9(12)10(8-11)6-3-4-7-10/h2-8,11H2,1H3. The van der Waals surface area contributed by atoms with Gasteiger partial charge in [0.05, 0.1) is 0 Å². The van der Waals surface area contributed by atoms with Gasteiger partial charge in [0.25, 0.3) is 0 Å². The molecule has 0 aromatic heterocycles.